The Morgan fingerprint density at radius 2 is 2.07 bits per heavy atom. The number of alkyl halides is 1. The van der Waals surface area contributed by atoms with Crippen LogP contribution in [0.4, 0.5) is 0 Å². The molecule has 0 aromatic carbocycles. The largest absolute Gasteiger partial charge is 0.477 e. The number of rotatable bonds is 7. The molecule has 0 saturated heterocycles. The third-order valence-corrected chi connectivity index (χ3v) is 7.22. The fraction of sp³-hybridized carbons (Fsp3) is 0.381. The van der Waals surface area contributed by atoms with Crippen LogP contribution >= 0.6 is 46.1 Å². The lowest BCUT2D eigenvalue weighted by Crippen LogP contribution is -2.16. The first-order valence-corrected chi connectivity index (χ1v) is 11.2. The second-order valence-corrected chi connectivity index (χ2v) is 9.60. The van der Waals surface area contributed by atoms with E-state index in [1.54, 1.807) is 18.2 Å². The third-order valence-electron chi connectivity index (χ3n) is 5.20. The SMILES string of the molecule is N#C[C@@H]1C[C@@H](Cl)[C@H](CCCc2ccc(C(=O)O)s2)[C@H]1/C=C/c1cc(Cl)nc(Cl)c1. The summed E-state index contributed by atoms with van der Waals surface area (Å²) >= 11 is 19.8. The van der Waals surface area contributed by atoms with E-state index in [4.69, 9.17) is 39.9 Å². The van der Waals surface area contributed by atoms with Gasteiger partial charge in [-0.25, -0.2) is 9.78 Å². The van der Waals surface area contributed by atoms with Crippen molar-refractivity contribution in [3.8, 4) is 6.07 Å². The van der Waals surface area contributed by atoms with Gasteiger partial charge in [0.2, 0.25) is 0 Å². The second-order valence-electron chi connectivity index (χ2n) is 7.10. The Kier molecular flexibility index (Phi) is 7.59. The minimum Gasteiger partial charge on any atom is -0.477 e. The number of carboxylic acids is 1. The van der Waals surface area contributed by atoms with Crippen molar-refractivity contribution in [2.75, 3.05) is 0 Å². The highest BCUT2D eigenvalue weighted by Crippen LogP contribution is 2.44. The lowest BCUT2D eigenvalue weighted by Gasteiger charge is -2.20. The number of aromatic carboxylic acids is 1. The van der Waals surface area contributed by atoms with Gasteiger partial charge >= 0.3 is 5.97 Å². The summed E-state index contributed by atoms with van der Waals surface area (Å²) in [5.41, 5.74) is 0.836. The number of nitrogens with zero attached hydrogens (tertiary/aromatic N) is 2. The molecule has 0 radical (unpaired) electrons. The molecule has 1 fully saturated rings. The third kappa shape index (κ3) is 5.73. The first-order chi connectivity index (χ1) is 13.9. The summed E-state index contributed by atoms with van der Waals surface area (Å²) in [6, 6.07) is 9.36. The van der Waals surface area contributed by atoms with E-state index < -0.39 is 5.97 Å². The van der Waals surface area contributed by atoms with Crippen molar-refractivity contribution < 1.29 is 9.90 Å². The van der Waals surface area contributed by atoms with Crippen molar-refractivity contribution in [2.24, 2.45) is 17.8 Å². The Labute approximate surface area is 188 Å². The first kappa shape index (κ1) is 22.1. The van der Waals surface area contributed by atoms with Crippen LogP contribution in [-0.2, 0) is 6.42 Å². The van der Waals surface area contributed by atoms with Crippen LogP contribution < -0.4 is 0 Å². The van der Waals surface area contributed by atoms with E-state index >= 15 is 0 Å². The van der Waals surface area contributed by atoms with Crippen molar-refractivity contribution in [3.63, 3.8) is 0 Å². The number of hydrogen-bond acceptors (Lipinski definition) is 4. The van der Waals surface area contributed by atoms with Gasteiger partial charge in [-0.3, -0.25) is 0 Å². The highest BCUT2D eigenvalue weighted by atomic mass is 35.5. The molecule has 0 unspecified atom stereocenters. The number of pyridine rings is 1. The van der Waals surface area contributed by atoms with Crippen LogP contribution in [0.1, 0.15) is 39.4 Å². The molecule has 0 spiro atoms. The molecule has 2 aromatic rings. The lowest BCUT2D eigenvalue weighted by atomic mass is 9.86. The van der Waals surface area contributed by atoms with Gasteiger partial charge in [0.15, 0.2) is 0 Å². The van der Waals surface area contributed by atoms with Gasteiger partial charge in [-0.15, -0.1) is 22.9 Å². The molecule has 3 rings (SSSR count). The van der Waals surface area contributed by atoms with Crippen molar-refractivity contribution in [1.29, 1.82) is 5.26 Å². The lowest BCUT2D eigenvalue weighted by molar-refractivity contribution is 0.0702. The Hall–Kier alpha value is -1.58. The van der Waals surface area contributed by atoms with E-state index in [0.717, 1.165) is 29.7 Å². The van der Waals surface area contributed by atoms with Gasteiger partial charge in [0.1, 0.15) is 15.2 Å². The zero-order valence-corrected chi connectivity index (χ0v) is 18.5. The Balaban J connectivity index is 1.67. The van der Waals surface area contributed by atoms with E-state index in [1.165, 1.54) is 11.3 Å². The van der Waals surface area contributed by atoms with E-state index in [9.17, 15) is 10.1 Å². The van der Waals surface area contributed by atoms with Crippen LogP contribution in [0.2, 0.25) is 10.3 Å². The number of aromatic nitrogens is 1. The summed E-state index contributed by atoms with van der Waals surface area (Å²) in [7, 11) is 0. The van der Waals surface area contributed by atoms with E-state index in [-0.39, 0.29) is 23.1 Å². The maximum atomic E-state index is 11.0. The van der Waals surface area contributed by atoms with Gasteiger partial charge in [-0.05, 0) is 67.3 Å². The topological polar surface area (TPSA) is 74.0 Å². The zero-order chi connectivity index (χ0) is 21.0. The summed E-state index contributed by atoms with van der Waals surface area (Å²) < 4.78 is 0. The summed E-state index contributed by atoms with van der Waals surface area (Å²) in [4.78, 5) is 16.4. The number of halogens is 3. The number of thiophene rings is 1. The summed E-state index contributed by atoms with van der Waals surface area (Å²) in [6.45, 7) is 0. The molecule has 8 heteroatoms. The van der Waals surface area contributed by atoms with E-state index in [2.05, 4.69) is 11.1 Å². The van der Waals surface area contributed by atoms with E-state index in [1.807, 2.05) is 18.2 Å². The van der Waals surface area contributed by atoms with Gasteiger partial charge in [-0.1, -0.05) is 35.4 Å². The molecular weight excluding hydrogens is 451 g/mol. The fourth-order valence-corrected chi connectivity index (χ4v) is 5.70. The predicted octanol–water partition coefficient (Wildman–Crippen LogP) is 6.57. The molecule has 1 aliphatic carbocycles. The summed E-state index contributed by atoms with van der Waals surface area (Å²) in [5, 5.41) is 19.2. The number of carbonyl (C=O) groups is 1. The first-order valence-electron chi connectivity index (χ1n) is 9.24. The van der Waals surface area contributed by atoms with Crippen LogP contribution in [-0.4, -0.2) is 21.4 Å². The van der Waals surface area contributed by atoms with Gasteiger partial charge in [0.25, 0.3) is 0 Å². The Bertz CT molecular complexity index is 933. The molecule has 0 bridgehead atoms. The van der Waals surface area contributed by atoms with Crippen LogP contribution in [0.3, 0.4) is 0 Å². The maximum absolute atomic E-state index is 11.0. The monoisotopic (exact) mass is 468 g/mol. The van der Waals surface area contributed by atoms with Gasteiger partial charge in [0.05, 0.1) is 12.0 Å². The highest BCUT2D eigenvalue weighted by Gasteiger charge is 2.40. The molecule has 1 aliphatic rings. The average Bonchev–Trinajstić information content (AvgIpc) is 3.24. The molecule has 152 valence electrons. The number of nitriles is 1. The highest BCUT2D eigenvalue weighted by molar-refractivity contribution is 7.13. The second kappa shape index (κ2) is 9.95. The molecule has 29 heavy (non-hydrogen) atoms. The van der Waals surface area contributed by atoms with Crippen molar-refractivity contribution >= 4 is 58.2 Å². The van der Waals surface area contributed by atoms with Gasteiger partial charge in [-0.2, -0.15) is 5.26 Å². The van der Waals surface area contributed by atoms with Gasteiger partial charge in [0, 0.05) is 10.3 Å². The molecule has 0 amide bonds. The molecule has 4 atom stereocenters. The predicted molar refractivity (Wildman–Crippen MR) is 118 cm³/mol. The number of hydrogen-bond donors (Lipinski definition) is 1. The minimum absolute atomic E-state index is 0.0473. The van der Waals surface area contributed by atoms with Gasteiger partial charge < -0.3 is 5.11 Å². The molecule has 4 nitrogen and oxygen atoms in total. The van der Waals surface area contributed by atoms with Crippen molar-refractivity contribution in [2.45, 2.75) is 31.1 Å². The standard InChI is InChI=1S/C21H19Cl3N2O2S/c22-17-10-13(11-25)15(6-4-12-8-19(23)26-20(24)9-12)16(17)3-1-2-14-5-7-18(29-14)21(27)28/h4-9,13,15-17H,1-3,10H2,(H,27,28)/b6-4+/t13-,15-,16+,17+/m0/s1. The van der Waals surface area contributed by atoms with Crippen LogP contribution in [0.15, 0.2) is 30.3 Å². The molecule has 0 aliphatic heterocycles. The Morgan fingerprint density at radius 1 is 1.34 bits per heavy atom. The van der Waals surface area contributed by atoms with Crippen LogP contribution in [0.25, 0.3) is 6.08 Å². The number of carboxylic acid groups (broad SMARTS) is 1. The molecule has 1 saturated carbocycles. The van der Waals surface area contributed by atoms with Crippen molar-refractivity contribution in [1.82, 2.24) is 4.98 Å². The molecule has 1 N–H and O–H groups in total. The Morgan fingerprint density at radius 3 is 2.69 bits per heavy atom. The van der Waals surface area contributed by atoms with Crippen LogP contribution in [0, 0.1) is 29.1 Å². The average molecular weight is 470 g/mol. The smallest absolute Gasteiger partial charge is 0.345 e. The molecule has 2 aromatic heterocycles. The van der Waals surface area contributed by atoms with E-state index in [0.29, 0.717) is 21.6 Å². The number of aryl methyl sites for hydroxylation is 1. The zero-order valence-electron chi connectivity index (χ0n) is 15.4. The molecular formula is C21H19Cl3N2O2S. The summed E-state index contributed by atoms with van der Waals surface area (Å²) in [5.74, 6) is -0.793. The number of allylic oxidation sites excluding steroid dienone is 1. The van der Waals surface area contributed by atoms with Crippen LogP contribution in [0.5, 0.6) is 0 Å². The fourth-order valence-electron chi connectivity index (χ4n) is 3.84. The quantitative estimate of drug-likeness (QED) is 0.368. The summed E-state index contributed by atoms with van der Waals surface area (Å²) in [6.07, 6.45) is 7.20. The molecule has 2 heterocycles. The van der Waals surface area contributed by atoms with Crippen molar-refractivity contribution in [3.05, 3.63) is 56.0 Å². The maximum Gasteiger partial charge on any atom is 0.345 e. The minimum atomic E-state index is -0.892. The normalized spacial score (nSPS) is 24.1.